The normalized spacial score (nSPS) is 15.1. The van der Waals surface area contributed by atoms with Crippen LogP contribution in [0.2, 0.25) is 0 Å². The first kappa shape index (κ1) is 14.3. The van der Waals surface area contributed by atoms with E-state index in [1.54, 1.807) is 0 Å². The number of carbonyl (C=O) groups is 2. The molecule has 1 aliphatic heterocycles. The summed E-state index contributed by atoms with van der Waals surface area (Å²) in [5.41, 5.74) is 0. The number of aromatic amines is 1. The van der Waals surface area contributed by atoms with Gasteiger partial charge in [0.1, 0.15) is 10.6 Å². The Bertz CT molecular complexity index is 462. The minimum atomic E-state index is -0.119. The van der Waals surface area contributed by atoms with Crippen molar-refractivity contribution >= 4 is 51.9 Å². The third kappa shape index (κ3) is 4.18. The fourth-order valence-electron chi connectivity index (χ4n) is 1.35. The zero-order valence-corrected chi connectivity index (χ0v) is 12.2. The fourth-order valence-corrected chi connectivity index (χ4v) is 3.08. The molecule has 2 amide bonds. The number of thioether (sulfide) groups is 2. The molecule has 0 spiro atoms. The summed E-state index contributed by atoms with van der Waals surface area (Å²) < 4.78 is 0.579. The second kappa shape index (κ2) is 6.87. The van der Waals surface area contributed by atoms with E-state index >= 15 is 0 Å². The van der Waals surface area contributed by atoms with Crippen molar-refractivity contribution in [2.24, 2.45) is 0 Å². The molecule has 2 rings (SSSR count). The van der Waals surface area contributed by atoms with Crippen molar-refractivity contribution in [2.45, 2.75) is 5.16 Å². The Morgan fingerprint density at radius 3 is 3.16 bits per heavy atom. The third-order valence-electron chi connectivity index (χ3n) is 2.23. The number of hydrogen-bond donors (Lipinski definition) is 2. The summed E-state index contributed by atoms with van der Waals surface area (Å²) in [7, 11) is 0. The van der Waals surface area contributed by atoms with Crippen molar-refractivity contribution in [1.82, 2.24) is 25.4 Å². The molecular weight excluding hydrogens is 306 g/mol. The van der Waals surface area contributed by atoms with Crippen LogP contribution >= 0.6 is 35.7 Å². The van der Waals surface area contributed by atoms with E-state index in [0.29, 0.717) is 28.3 Å². The number of aromatic nitrogens is 3. The van der Waals surface area contributed by atoms with Crippen molar-refractivity contribution in [3.8, 4) is 0 Å². The number of amides is 2. The molecule has 2 heterocycles. The Balaban J connectivity index is 1.64. The number of carbonyl (C=O) groups excluding carboxylic acids is 2. The van der Waals surface area contributed by atoms with Gasteiger partial charge in [0.05, 0.1) is 11.5 Å². The van der Waals surface area contributed by atoms with E-state index in [9.17, 15) is 9.59 Å². The monoisotopic (exact) mass is 317 g/mol. The van der Waals surface area contributed by atoms with E-state index in [1.807, 2.05) is 0 Å². The summed E-state index contributed by atoms with van der Waals surface area (Å²) in [5.74, 6) is 0.531. The van der Waals surface area contributed by atoms with E-state index in [-0.39, 0.29) is 17.6 Å². The van der Waals surface area contributed by atoms with Gasteiger partial charge < -0.3 is 5.32 Å². The van der Waals surface area contributed by atoms with Crippen LogP contribution in [0, 0.1) is 0 Å². The molecule has 0 saturated carbocycles. The molecule has 0 aromatic carbocycles. The molecule has 102 valence electrons. The lowest BCUT2D eigenvalue weighted by atomic mass is 10.5. The first-order valence-corrected chi connectivity index (χ1v) is 7.77. The number of rotatable bonds is 6. The lowest BCUT2D eigenvalue weighted by molar-refractivity contribution is -0.124. The van der Waals surface area contributed by atoms with Crippen molar-refractivity contribution < 1.29 is 9.59 Å². The summed E-state index contributed by atoms with van der Waals surface area (Å²) in [5, 5.41) is 9.66. The predicted octanol–water partition coefficient (Wildman–Crippen LogP) is -0.127. The van der Waals surface area contributed by atoms with E-state index in [2.05, 4.69) is 20.5 Å². The lowest BCUT2D eigenvalue weighted by Gasteiger charge is -2.14. The van der Waals surface area contributed by atoms with Crippen LogP contribution in [0.4, 0.5) is 0 Å². The van der Waals surface area contributed by atoms with E-state index in [0.717, 1.165) is 0 Å². The van der Waals surface area contributed by atoms with Gasteiger partial charge >= 0.3 is 0 Å². The quantitative estimate of drug-likeness (QED) is 0.558. The van der Waals surface area contributed by atoms with Gasteiger partial charge in [0.15, 0.2) is 5.16 Å². The second-order valence-corrected chi connectivity index (χ2v) is 6.10. The number of nitrogens with one attached hydrogen (secondary N) is 2. The Kier molecular flexibility index (Phi) is 5.16. The first-order chi connectivity index (χ1) is 9.16. The number of nitrogens with zero attached hydrogens (tertiary/aromatic N) is 3. The van der Waals surface area contributed by atoms with E-state index in [4.69, 9.17) is 12.2 Å². The standard InChI is InChI=1S/C9H11N5O2S3/c15-6(3-18-8-11-5-12-13-8)10-1-2-14-7(16)4-19-9(14)17/h5H,1-4H2,(H,10,15)(H,11,12,13). The van der Waals surface area contributed by atoms with Gasteiger partial charge in [-0.1, -0.05) is 35.7 Å². The summed E-state index contributed by atoms with van der Waals surface area (Å²) in [6, 6.07) is 0. The van der Waals surface area contributed by atoms with Crippen LogP contribution < -0.4 is 5.32 Å². The van der Waals surface area contributed by atoms with Crippen LogP contribution in [0.3, 0.4) is 0 Å². The van der Waals surface area contributed by atoms with Crippen LogP contribution in [0.5, 0.6) is 0 Å². The van der Waals surface area contributed by atoms with Gasteiger partial charge in [0.25, 0.3) is 0 Å². The van der Waals surface area contributed by atoms with Gasteiger partial charge in [0.2, 0.25) is 11.8 Å². The molecule has 0 unspecified atom stereocenters. The third-order valence-corrected chi connectivity index (χ3v) is 4.54. The second-order valence-electron chi connectivity index (χ2n) is 3.53. The topological polar surface area (TPSA) is 91.0 Å². The van der Waals surface area contributed by atoms with Gasteiger partial charge in [-0.2, -0.15) is 5.10 Å². The molecular formula is C9H11N5O2S3. The minimum absolute atomic E-state index is 0.000263. The average molecular weight is 317 g/mol. The molecule has 7 nitrogen and oxygen atoms in total. The molecule has 1 fully saturated rings. The highest BCUT2D eigenvalue weighted by molar-refractivity contribution is 8.23. The van der Waals surface area contributed by atoms with Crippen LogP contribution in [-0.4, -0.2) is 60.8 Å². The summed E-state index contributed by atoms with van der Waals surface area (Å²) >= 11 is 7.65. The van der Waals surface area contributed by atoms with E-state index in [1.165, 1.54) is 34.8 Å². The summed E-state index contributed by atoms with van der Waals surface area (Å²) in [6.07, 6.45) is 1.39. The summed E-state index contributed by atoms with van der Waals surface area (Å²) in [6.45, 7) is 0.811. The zero-order valence-electron chi connectivity index (χ0n) is 9.79. The number of thiocarbonyl (C=S) groups is 1. The van der Waals surface area contributed by atoms with Gasteiger partial charge in [-0.05, 0) is 0 Å². The maximum atomic E-state index is 11.5. The lowest BCUT2D eigenvalue weighted by Crippen LogP contribution is -2.37. The molecule has 19 heavy (non-hydrogen) atoms. The highest BCUT2D eigenvalue weighted by atomic mass is 32.2. The molecule has 1 aromatic heterocycles. The Morgan fingerprint density at radius 1 is 1.68 bits per heavy atom. The molecule has 2 N–H and O–H groups in total. The SMILES string of the molecule is O=C(CSc1ncn[nH]1)NCCN1C(=O)CSC1=S. The first-order valence-electron chi connectivity index (χ1n) is 5.39. The fraction of sp³-hybridized carbons (Fsp3) is 0.444. The Hall–Kier alpha value is -1.13. The highest BCUT2D eigenvalue weighted by Gasteiger charge is 2.25. The molecule has 0 atom stereocenters. The highest BCUT2D eigenvalue weighted by Crippen LogP contribution is 2.18. The van der Waals surface area contributed by atoms with Crippen LogP contribution in [0.15, 0.2) is 11.5 Å². The molecule has 10 heteroatoms. The Morgan fingerprint density at radius 2 is 2.53 bits per heavy atom. The average Bonchev–Trinajstić information content (AvgIpc) is 3.00. The minimum Gasteiger partial charge on any atom is -0.354 e. The van der Waals surface area contributed by atoms with Gasteiger partial charge in [-0.3, -0.25) is 19.6 Å². The van der Waals surface area contributed by atoms with E-state index < -0.39 is 0 Å². The predicted molar refractivity (Wildman–Crippen MR) is 76.9 cm³/mol. The molecule has 1 aromatic rings. The molecule has 0 radical (unpaired) electrons. The smallest absolute Gasteiger partial charge is 0.238 e. The van der Waals surface area contributed by atoms with Gasteiger partial charge in [-0.15, -0.1) is 0 Å². The maximum absolute atomic E-state index is 11.5. The number of hydrogen-bond acceptors (Lipinski definition) is 7. The summed E-state index contributed by atoms with van der Waals surface area (Å²) in [4.78, 5) is 28.4. The van der Waals surface area contributed by atoms with Crippen LogP contribution in [0.1, 0.15) is 0 Å². The largest absolute Gasteiger partial charge is 0.354 e. The Labute approximate surface area is 123 Å². The molecule has 1 aliphatic rings. The molecule has 1 saturated heterocycles. The van der Waals surface area contributed by atoms with Crippen molar-refractivity contribution in [2.75, 3.05) is 24.6 Å². The molecule has 0 aliphatic carbocycles. The maximum Gasteiger partial charge on any atom is 0.238 e. The van der Waals surface area contributed by atoms with Gasteiger partial charge in [0, 0.05) is 13.1 Å². The van der Waals surface area contributed by atoms with Crippen molar-refractivity contribution in [1.29, 1.82) is 0 Å². The number of H-pyrrole nitrogens is 1. The van der Waals surface area contributed by atoms with Crippen LogP contribution in [-0.2, 0) is 9.59 Å². The molecule has 0 bridgehead atoms. The van der Waals surface area contributed by atoms with Crippen molar-refractivity contribution in [3.63, 3.8) is 0 Å². The zero-order chi connectivity index (χ0) is 13.7. The van der Waals surface area contributed by atoms with Crippen molar-refractivity contribution in [3.05, 3.63) is 6.33 Å². The van der Waals surface area contributed by atoms with Gasteiger partial charge in [-0.25, -0.2) is 4.98 Å². The van der Waals surface area contributed by atoms with Crippen LogP contribution in [0.25, 0.3) is 0 Å².